The van der Waals surface area contributed by atoms with Gasteiger partial charge in [-0.1, -0.05) is 112 Å². The Bertz CT molecular complexity index is 4790. The van der Waals surface area contributed by atoms with Gasteiger partial charge in [-0.3, -0.25) is 86.6 Å². The van der Waals surface area contributed by atoms with Crippen molar-refractivity contribution in [3.05, 3.63) is 88.9 Å². The number of hydrogen-bond donors (Lipinski definition) is 18. The van der Waals surface area contributed by atoms with Gasteiger partial charge in [-0.25, -0.2) is 28.4 Å². The van der Waals surface area contributed by atoms with Crippen LogP contribution in [0.4, 0.5) is 4.39 Å². The number of fused-ring (bicyclic) bond motifs is 1. The summed E-state index contributed by atoms with van der Waals surface area (Å²) in [6.45, 7) is 5.16. The van der Waals surface area contributed by atoms with Crippen molar-refractivity contribution in [2.24, 2.45) is 29.4 Å². The SMILES string of the molecule is CC(=O)NC(CCC(=O)C[C@@H](CCC(=O)NC(CCC(=O)C[C@@H](CCC(=O)N[C@@H](CCC(=O)C[C@@H](CCC(=O)N[C@@H](CCC(=O)O)C(=O)O)C(=O)O)C(=O)O)C(=O)O)C(=O)O)C(=O)O)C(=O)O.CCC[C@H](CC(=O)CC[C@H](NC(=O)[C@@H](N)CC(=O)NCCCCCCCCCCCC(=O)Cc1[nH]nc2cccc(-c3ccc(CC(=O)Cc4cc(C)ccc4F)cc3)c12)C(=O)O)C(=O)O.S.S.S.S.S.S.S.S.S.S. The Hall–Kier alpha value is -9.94. The average Bonchev–Trinajstić information content (AvgIpc) is 1.67. The number of aromatic nitrogens is 2. The van der Waals surface area contributed by atoms with Gasteiger partial charge in [0.25, 0.3) is 0 Å². The van der Waals surface area contributed by atoms with Crippen LogP contribution in [-0.4, -0.2) is 234 Å². The maximum atomic E-state index is 14.2. The van der Waals surface area contributed by atoms with Crippen molar-refractivity contribution in [1.82, 2.24) is 42.1 Å². The van der Waals surface area contributed by atoms with Gasteiger partial charge in [0.15, 0.2) is 0 Å². The molecule has 0 radical (unpaired) electrons. The van der Waals surface area contributed by atoms with Crippen LogP contribution in [-0.2, 0) is 125 Å². The van der Waals surface area contributed by atoms with E-state index >= 15 is 0 Å². The van der Waals surface area contributed by atoms with E-state index in [0.29, 0.717) is 31.4 Å². The van der Waals surface area contributed by atoms with E-state index in [-0.39, 0.29) is 204 Å². The zero-order chi connectivity index (χ0) is 99.6. The lowest BCUT2D eigenvalue weighted by molar-refractivity contribution is -0.146. The standard InChI is InChI=1S/C51H66FN5O9.C40H56N4O23.10H2S/c1-3-14-36(50(63)64)29-39(59)23-25-45(51(65)66)55-49(62)43(53)32-47(61)54-26-12-10-8-6-4-5-7-9-11-15-38(58)31-46-48-41(16-13-17-44(48)56-57-46)35-21-19-34(20-22-35)28-40(60)30-37-27-33(2)18-24-42(37)52;1-19(45)41-26(37(60)61)8-5-23(46)16-20(34(54)55)2-12-30(49)42-27(38(62)63)9-6-24(47)17-21(35(56)57)3-13-31(50)43-28(39(64)65)10-7-25(48)18-22(36(58)59)4-14-32(51)44-29(40(66)67)11-15-33(52)53;;;;;;;;;;/h13,16-22,24,27,36,43,45H,3-12,14-15,23,25-26,28-32,53H2,1-2H3,(H,54,61)(H,55,62)(H,56,57)(H,63,64)(H,65,66);20-22,26-29H,2-18H2,1H3,(H,41,45)(H,42,49)(H,43,50)(H,44,51)(H,52,53)(H,54,55)(H,56,57)(H,58,59)(H,60,61)(H,62,63)(H,64,65)(H,66,67);10*1H2/t36-,43+,45+;20-,21-,22-,26?,27?,28+,29+;;;;;;;;;;/m11........../s1. The first-order chi connectivity index (χ1) is 62.8. The second-order valence-corrected chi connectivity index (χ2v) is 32.9. The smallest absolute Gasteiger partial charge is 0.326 e. The summed E-state index contributed by atoms with van der Waals surface area (Å²) in [5.74, 6) is -27.5. The lowest BCUT2D eigenvalue weighted by atomic mass is 9.93. The van der Waals surface area contributed by atoms with E-state index in [0.717, 1.165) is 104 Å². The fourth-order valence-corrected chi connectivity index (χ4v) is 14.3. The average molecular weight is 2210 g/mol. The van der Waals surface area contributed by atoms with Gasteiger partial charge in [-0.05, 0) is 112 Å². The number of carboxylic acid groups (broad SMARTS) is 10. The number of aryl methyl sites for hydroxylation is 1. The number of Topliss-reactive ketones (excluding diaryl/α,β-unsaturated/α-hetero) is 6. The first kappa shape index (κ1) is 148. The van der Waals surface area contributed by atoms with Gasteiger partial charge in [0.1, 0.15) is 70.7 Å². The number of halogens is 1. The molecule has 3 aromatic carbocycles. The molecule has 0 saturated heterocycles. The molecule has 4 aromatic rings. The first-order valence-corrected chi connectivity index (χ1v) is 43.9. The van der Waals surface area contributed by atoms with Crippen LogP contribution >= 0.6 is 135 Å². The van der Waals surface area contributed by atoms with Crippen LogP contribution in [0.5, 0.6) is 0 Å². The van der Waals surface area contributed by atoms with Gasteiger partial charge in [0, 0.05) is 122 Å². The number of aromatic amines is 1. The Balaban J connectivity index is -0.000000397. The normalized spacial score (nSPS) is 12.3. The Labute approximate surface area is 896 Å². The highest BCUT2D eigenvalue weighted by Crippen LogP contribution is 2.32. The maximum Gasteiger partial charge on any atom is 0.326 e. The van der Waals surface area contributed by atoms with Crippen molar-refractivity contribution in [3.63, 3.8) is 0 Å². The number of aliphatic carboxylic acids is 10. The quantitative estimate of drug-likeness (QED) is 0.0189. The number of nitrogens with two attached hydrogens (primary N) is 1. The molecule has 143 heavy (non-hydrogen) atoms. The lowest BCUT2D eigenvalue weighted by Gasteiger charge is -2.18. The molecule has 0 aliphatic carbocycles. The van der Waals surface area contributed by atoms with Crippen LogP contribution in [0.15, 0.2) is 60.7 Å². The van der Waals surface area contributed by atoms with E-state index in [4.69, 9.17) is 21.1 Å². The third kappa shape index (κ3) is 61.8. The summed E-state index contributed by atoms with van der Waals surface area (Å²) in [7, 11) is 0. The van der Waals surface area contributed by atoms with E-state index in [1.54, 1.807) is 12.1 Å². The van der Waals surface area contributed by atoms with Crippen molar-refractivity contribution in [2.75, 3.05) is 6.54 Å². The molecule has 810 valence electrons. The molecule has 0 fully saturated rings. The van der Waals surface area contributed by atoms with E-state index in [1.807, 2.05) is 56.3 Å². The van der Waals surface area contributed by atoms with Crippen molar-refractivity contribution in [2.45, 2.75) is 288 Å². The van der Waals surface area contributed by atoms with Crippen molar-refractivity contribution < 1.29 is 161 Å². The molecule has 1 heterocycles. The summed E-state index contributed by atoms with van der Waals surface area (Å²) in [6, 6.07) is 9.34. The van der Waals surface area contributed by atoms with Crippen LogP contribution < -0.4 is 37.6 Å². The summed E-state index contributed by atoms with van der Waals surface area (Å²) < 4.78 is 14.2. The van der Waals surface area contributed by atoms with Crippen LogP contribution in [0.3, 0.4) is 0 Å². The van der Waals surface area contributed by atoms with Crippen molar-refractivity contribution in [1.29, 1.82) is 0 Å². The number of carbonyl (C=O) groups is 22. The minimum Gasteiger partial charge on any atom is -0.481 e. The third-order valence-corrected chi connectivity index (χ3v) is 21.8. The Morgan fingerprint density at radius 3 is 1.12 bits per heavy atom. The summed E-state index contributed by atoms with van der Waals surface area (Å²) in [5, 5.41) is 116. The number of benzene rings is 3. The lowest BCUT2D eigenvalue weighted by Crippen LogP contribution is -2.50. The fraction of sp³-hybridized carbons (Fsp3) is 0.549. The van der Waals surface area contributed by atoms with Gasteiger partial charge < -0.3 is 88.7 Å². The molecule has 0 aliphatic heterocycles. The van der Waals surface area contributed by atoms with Gasteiger partial charge in [0.2, 0.25) is 35.4 Å². The number of nitrogens with zero attached hydrogens (tertiary/aromatic N) is 1. The fourth-order valence-electron chi connectivity index (χ4n) is 14.3. The Kier molecular flexibility index (Phi) is 83.3. The summed E-state index contributed by atoms with van der Waals surface area (Å²) in [6.07, 6.45) is 0.430. The predicted octanol–water partition coefficient (Wildman–Crippen LogP) is 7.63. The van der Waals surface area contributed by atoms with E-state index in [1.165, 1.54) is 6.07 Å². The highest BCUT2D eigenvalue weighted by Gasteiger charge is 2.33. The summed E-state index contributed by atoms with van der Waals surface area (Å²) >= 11 is 0. The number of H-pyrrole nitrogens is 1. The second kappa shape index (κ2) is 80.3. The topological polar surface area (TPSA) is 705 Å². The van der Waals surface area contributed by atoms with Gasteiger partial charge >= 0.3 is 59.7 Å². The molecule has 0 spiro atoms. The number of nitrogens with one attached hydrogen (secondary N) is 7. The minimum absolute atomic E-state index is 0. The molecule has 10 atom stereocenters. The molecule has 6 amide bonds. The number of amides is 6. The van der Waals surface area contributed by atoms with E-state index in [2.05, 4.69) is 42.1 Å². The largest absolute Gasteiger partial charge is 0.481 e. The Morgan fingerprint density at radius 1 is 0.371 bits per heavy atom. The molecule has 4 rings (SSSR count). The number of ketones is 6. The van der Waals surface area contributed by atoms with Crippen molar-refractivity contribution >= 4 is 276 Å². The highest BCUT2D eigenvalue weighted by atomic mass is 32.1. The van der Waals surface area contributed by atoms with Gasteiger partial charge in [-0.2, -0.15) is 140 Å². The maximum absolute atomic E-state index is 14.2. The molecular formula is C91H142FN9O32S10. The highest BCUT2D eigenvalue weighted by molar-refractivity contribution is 7.60. The molecule has 0 bridgehead atoms. The van der Waals surface area contributed by atoms with E-state index in [9.17, 15) is 146 Å². The van der Waals surface area contributed by atoms with E-state index < -0.39 is 281 Å². The number of carboxylic acids is 10. The molecule has 1 aromatic heterocycles. The monoisotopic (exact) mass is 2210 g/mol. The van der Waals surface area contributed by atoms with Crippen LogP contribution in [0.2, 0.25) is 0 Å². The van der Waals surface area contributed by atoms with Gasteiger partial charge in [0.05, 0.1) is 47.3 Å². The summed E-state index contributed by atoms with van der Waals surface area (Å²) in [5.41, 5.74) is 11.5. The first-order valence-electron chi connectivity index (χ1n) is 43.9. The molecule has 52 heteroatoms. The number of rotatable bonds is 70. The second-order valence-electron chi connectivity index (χ2n) is 32.9. The molecule has 41 nitrogen and oxygen atoms in total. The minimum atomic E-state index is -1.71. The summed E-state index contributed by atoms with van der Waals surface area (Å²) in [4.78, 5) is 264. The zero-order valence-electron chi connectivity index (χ0n) is 79.6. The molecule has 0 saturated carbocycles. The third-order valence-electron chi connectivity index (χ3n) is 21.8. The predicted molar refractivity (Wildman–Crippen MR) is 572 cm³/mol. The molecular weight excluding hydrogens is 2070 g/mol. The van der Waals surface area contributed by atoms with Crippen LogP contribution in [0.25, 0.3) is 22.0 Å². The molecule has 2 unspecified atom stereocenters. The van der Waals surface area contributed by atoms with Gasteiger partial charge in [-0.15, -0.1) is 0 Å². The number of hydrogen-bond acceptors (Lipinski definition) is 24. The van der Waals surface area contributed by atoms with Crippen LogP contribution in [0, 0.1) is 36.4 Å². The molecule has 19 N–H and O–H groups in total. The number of unbranched alkanes of at least 4 members (excludes halogenated alkanes) is 8. The zero-order valence-corrected chi connectivity index (χ0v) is 89.6. The Morgan fingerprint density at radius 2 is 0.741 bits per heavy atom. The van der Waals surface area contributed by atoms with Crippen molar-refractivity contribution in [3.8, 4) is 11.1 Å². The molecule has 0 aliphatic rings. The number of carbonyl (C=O) groups excluding carboxylic acids is 12. The van der Waals surface area contributed by atoms with Crippen LogP contribution in [0.1, 0.15) is 248 Å².